The van der Waals surface area contributed by atoms with Gasteiger partial charge in [0, 0.05) is 32.4 Å². The quantitative estimate of drug-likeness (QED) is 0.433. The minimum Gasteiger partial charge on any atom is -0.484 e. The van der Waals surface area contributed by atoms with E-state index in [1.54, 1.807) is 7.11 Å². The van der Waals surface area contributed by atoms with Crippen LogP contribution in [-0.4, -0.2) is 37.7 Å². The number of hydrogen-bond acceptors (Lipinski definition) is 5. The lowest BCUT2D eigenvalue weighted by Crippen LogP contribution is -2.30. The van der Waals surface area contributed by atoms with Gasteiger partial charge in [0.15, 0.2) is 6.61 Å². The van der Waals surface area contributed by atoms with Crippen LogP contribution in [0.15, 0.2) is 24.3 Å². The highest BCUT2D eigenvalue weighted by Gasteiger charge is 2.06. The molecule has 19 heavy (non-hydrogen) atoms. The predicted octanol–water partition coefficient (Wildman–Crippen LogP) is 1.13. The largest absolute Gasteiger partial charge is 0.484 e. The second kappa shape index (κ2) is 8.04. The van der Waals surface area contributed by atoms with Gasteiger partial charge in [-0.3, -0.25) is 14.9 Å². The zero-order chi connectivity index (χ0) is 14.1. The van der Waals surface area contributed by atoms with E-state index >= 15 is 0 Å². The number of hydrogen-bond donors (Lipinski definition) is 1. The number of rotatable bonds is 8. The minimum absolute atomic E-state index is 0.0173. The molecule has 0 unspecified atom stereocenters. The highest BCUT2D eigenvalue weighted by molar-refractivity contribution is 5.77. The average molecular weight is 268 g/mol. The molecule has 0 radical (unpaired) electrons. The molecule has 104 valence electrons. The molecule has 1 aromatic carbocycles. The van der Waals surface area contributed by atoms with E-state index in [1.807, 2.05) is 0 Å². The third-order valence-corrected chi connectivity index (χ3v) is 2.26. The van der Waals surface area contributed by atoms with Crippen molar-refractivity contribution in [3.05, 3.63) is 34.4 Å². The van der Waals surface area contributed by atoms with Crippen molar-refractivity contribution in [1.82, 2.24) is 5.32 Å². The van der Waals surface area contributed by atoms with Crippen LogP contribution in [0.3, 0.4) is 0 Å². The number of ether oxygens (including phenoxy) is 2. The molecule has 0 aliphatic carbocycles. The van der Waals surface area contributed by atoms with Gasteiger partial charge in [-0.25, -0.2) is 0 Å². The highest BCUT2D eigenvalue weighted by Crippen LogP contribution is 2.16. The first kappa shape index (κ1) is 14.9. The molecule has 1 N–H and O–H groups in total. The maximum Gasteiger partial charge on any atom is 0.269 e. The van der Waals surface area contributed by atoms with Crippen LogP contribution in [0.2, 0.25) is 0 Å². The van der Waals surface area contributed by atoms with Crippen molar-refractivity contribution in [2.45, 2.75) is 6.42 Å². The van der Waals surface area contributed by atoms with Gasteiger partial charge in [-0.05, 0) is 18.6 Å². The Morgan fingerprint density at radius 3 is 2.63 bits per heavy atom. The molecule has 0 aromatic heterocycles. The molecule has 0 spiro atoms. The first-order valence-corrected chi connectivity index (χ1v) is 5.76. The number of nitrogens with one attached hydrogen (secondary N) is 1. The smallest absolute Gasteiger partial charge is 0.269 e. The summed E-state index contributed by atoms with van der Waals surface area (Å²) in [6, 6.07) is 5.56. The predicted molar refractivity (Wildman–Crippen MR) is 68.1 cm³/mol. The number of nitro groups is 1. The van der Waals surface area contributed by atoms with Gasteiger partial charge in [0.1, 0.15) is 5.75 Å². The average Bonchev–Trinajstić information content (AvgIpc) is 2.42. The Balaban J connectivity index is 2.28. The molecule has 7 nitrogen and oxygen atoms in total. The van der Waals surface area contributed by atoms with Crippen molar-refractivity contribution in [2.24, 2.45) is 0 Å². The number of nitrogens with zero attached hydrogens (tertiary/aromatic N) is 1. The van der Waals surface area contributed by atoms with Gasteiger partial charge in [0.05, 0.1) is 4.92 Å². The summed E-state index contributed by atoms with van der Waals surface area (Å²) in [5.74, 6) is 0.173. The summed E-state index contributed by atoms with van der Waals surface area (Å²) in [6.07, 6.45) is 0.736. The summed E-state index contributed by atoms with van der Waals surface area (Å²) < 4.78 is 10.0. The van der Waals surface area contributed by atoms with Gasteiger partial charge in [-0.15, -0.1) is 0 Å². The Kier molecular flexibility index (Phi) is 6.31. The normalized spacial score (nSPS) is 9.95. The zero-order valence-electron chi connectivity index (χ0n) is 10.6. The maximum atomic E-state index is 11.4. The van der Waals surface area contributed by atoms with Crippen molar-refractivity contribution in [1.29, 1.82) is 0 Å². The molecule has 7 heteroatoms. The molecule has 0 aliphatic rings. The Morgan fingerprint density at radius 2 is 2.05 bits per heavy atom. The summed E-state index contributed by atoms with van der Waals surface area (Å²) in [5.41, 5.74) is -0.0173. The van der Waals surface area contributed by atoms with E-state index in [4.69, 9.17) is 9.47 Å². The number of non-ortho nitro benzene ring substituents is 1. The van der Waals surface area contributed by atoms with Crippen molar-refractivity contribution in [3.8, 4) is 5.75 Å². The Morgan fingerprint density at radius 1 is 1.37 bits per heavy atom. The lowest BCUT2D eigenvalue weighted by atomic mass is 10.3. The first-order chi connectivity index (χ1) is 9.13. The summed E-state index contributed by atoms with van der Waals surface area (Å²) in [6.45, 7) is 0.991. The molecule has 0 fully saturated rings. The molecule has 0 heterocycles. The van der Waals surface area contributed by atoms with Crippen LogP contribution >= 0.6 is 0 Å². The Hall–Kier alpha value is -2.15. The molecule has 1 aromatic rings. The standard InChI is InChI=1S/C12H16N2O5/c1-18-8-2-7-13-12(15)9-19-11-5-3-10(4-6-11)14(16)17/h3-6H,2,7-9H2,1H3,(H,13,15). The minimum atomic E-state index is -0.494. The fourth-order valence-electron chi connectivity index (χ4n) is 1.31. The number of nitro benzene ring substituents is 1. The molecule has 1 amide bonds. The fraction of sp³-hybridized carbons (Fsp3) is 0.417. The first-order valence-electron chi connectivity index (χ1n) is 5.76. The number of carbonyl (C=O) groups is 1. The molecule has 0 saturated heterocycles. The fourth-order valence-corrected chi connectivity index (χ4v) is 1.31. The van der Waals surface area contributed by atoms with Gasteiger partial charge < -0.3 is 14.8 Å². The van der Waals surface area contributed by atoms with E-state index in [-0.39, 0.29) is 18.2 Å². The van der Waals surface area contributed by atoms with E-state index in [1.165, 1.54) is 24.3 Å². The van der Waals surface area contributed by atoms with Crippen LogP contribution in [0.25, 0.3) is 0 Å². The Labute approximate surface area is 110 Å². The molecule has 0 aliphatic heterocycles. The third-order valence-electron chi connectivity index (χ3n) is 2.26. The van der Waals surface area contributed by atoms with Gasteiger partial charge in [0.25, 0.3) is 11.6 Å². The van der Waals surface area contributed by atoms with Crippen LogP contribution in [0.1, 0.15) is 6.42 Å². The Bertz CT molecular complexity index is 419. The zero-order valence-corrected chi connectivity index (χ0v) is 10.6. The number of carbonyl (C=O) groups excluding carboxylic acids is 1. The SMILES string of the molecule is COCCCNC(=O)COc1ccc([N+](=O)[O-])cc1. The monoisotopic (exact) mass is 268 g/mol. The summed E-state index contributed by atoms with van der Waals surface area (Å²) in [7, 11) is 1.60. The van der Waals surface area contributed by atoms with Crippen molar-refractivity contribution >= 4 is 11.6 Å². The molecule has 0 saturated carbocycles. The molecule has 0 atom stereocenters. The lowest BCUT2D eigenvalue weighted by Gasteiger charge is -2.07. The molecule has 1 rings (SSSR count). The van der Waals surface area contributed by atoms with Gasteiger partial charge in [-0.1, -0.05) is 0 Å². The van der Waals surface area contributed by atoms with Crippen LogP contribution < -0.4 is 10.1 Å². The van der Waals surface area contributed by atoms with E-state index in [0.717, 1.165) is 6.42 Å². The van der Waals surface area contributed by atoms with Crippen molar-refractivity contribution in [3.63, 3.8) is 0 Å². The van der Waals surface area contributed by atoms with E-state index in [0.29, 0.717) is 18.9 Å². The van der Waals surface area contributed by atoms with Crippen molar-refractivity contribution < 1.29 is 19.2 Å². The van der Waals surface area contributed by atoms with Crippen LogP contribution in [-0.2, 0) is 9.53 Å². The van der Waals surface area contributed by atoms with Crippen molar-refractivity contribution in [2.75, 3.05) is 26.9 Å². The molecular formula is C12H16N2O5. The number of methoxy groups -OCH3 is 1. The third kappa shape index (κ3) is 5.82. The molecular weight excluding hydrogens is 252 g/mol. The van der Waals surface area contributed by atoms with E-state index < -0.39 is 4.92 Å². The highest BCUT2D eigenvalue weighted by atomic mass is 16.6. The van der Waals surface area contributed by atoms with Crippen LogP contribution in [0.5, 0.6) is 5.75 Å². The van der Waals surface area contributed by atoms with Gasteiger partial charge in [0.2, 0.25) is 0 Å². The molecule has 0 bridgehead atoms. The topological polar surface area (TPSA) is 90.7 Å². The summed E-state index contributed by atoms with van der Waals surface area (Å²) >= 11 is 0. The summed E-state index contributed by atoms with van der Waals surface area (Å²) in [5, 5.41) is 13.1. The van der Waals surface area contributed by atoms with Crippen LogP contribution in [0, 0.1) is 10.1 Å². The summed E-state index contributed by atoms with van der Waals surface area (Å²) in [4.78, 5) is 21.3. The van der Waals surface area contributed by atoms with E-state index in [2.05, 4.69) is 5.32 Å². The van der Waals surface area contributed by atoms with E-state index in [9.17, 15) is 14.9 Å². The number of benzene rings is 1. The van der Waals surface area contributed by atoms with Gasteiger partial charge >= 0.3 is 0 Å². The van der Waals surface area contributed by atoms with Gasteiger partial charge in [-0.2, -0.15) is 0 Å². The second-order valence-corrected chi connectivity index (χ2v) is 3.74. The van der Waals surface area contributed by atoms with Crippen LogP contribution in [0.4, 0.5) is 5.69 Å². The lowest BCUT2D eigenvalue weighted by molar-refractivity contribution is -0.384. The number of amides is 1. The maximum absolute atomic E-state index is 11.4. The second-order valence-electron chi connectivity index (χ2n) is 3.74.